The van der Waals surface area contributed by atoms with Crippen LogP contribution in [0.4, 0.5) is 18.9 Å². The van der Waals surface area contributed by atoms with Crippen molar-refractivity contribution in [1.29, 1.82) is 0 Å². The van der Waals surface area contributed by atoms with Gasteiger partial charge >= 0.3 is 12.1 Å². The van der Waals surface area contributed by atoms with Gasteiger partial charge < -0.3 is 10.1 Å². The molecule has 0 unspecified atom stereocenters. The minimum Gasteiger partial charge on any atom is -0.406 e. The molecule has 0 aliphatic carbocycles. The number of H-pyrrole nitrogens is 1. The molecule has 142 valence electrons. The van der Waals surface area contributed by atoms with Gasteiger partial charge in [-0.15, -0.1) is 13.2 Å². The molecule has 1 aromatic heterocycles. The molecule has 3 rings (SSSR count). The molecule has 6 nitrogen and oxygen atoms in total. The summed E-state index contributed by atoms with van der Waals surface area (Å²) in [4.78, 5) is 14.6. The molecule has 0 fully saturated rings. The molecule has 0 aliphatic heterocycles. The number of hydrogen-bond donors (Lipinski definition) is 2. The standard InChI is InChI=1S/C17H14ClF3N4O2/c18-12-3-5-13(6-4-12)22-9-15-23-16(26)25(24-15)10-11-1-7-14(8-2-11)27-17(19,20)21/h1-8,22H,9-10H2,(H,23,24,26). The van der Waals surface area contributed by atoms with Crippen molar-refractivity contribution in [2.45, 2.75) is 19.5 Å². The molecule has 0 radical (unpaired) electrons. The lowest BCUT2D eigenvalue weighted by atomic mass is 10.2. The summed E-state index contributed by atoms with van der Waals surface area (Å²) in [5.74, 6) is 0.0976. The molecule has 27 heavy (non-hydrogen) atoms. The third-order valence-electron chi connectivity index (χ3n) is 3.52. The summed E-state index contributed by atoms with van der Waals surface area (Å²) in [6.45, 7) is 0.408. The van der Waals surface area contributed by atoms with Gasteiger partial charge in [0.1, 0.15) is 11.6 Å². The molecule has 3 aromatic rings. The number of aromatic amines is 1. The Hall–Kier alpha value is -2.94. The molecule has 0 saturated heterocycles. The number of anilines is 1. The number of alkyl halides is 3. The van der Waals surface area contributed by atoms with Gasteiger partial charge in [0.2, 0.25) is 0 Å². The molecule has 10 heteroatoms. The van der Waals surface area contributed by atoms with Crippen molar-refractivity contribution in [3.8, 4) is 5.75 Å². The lowest BCUT2D eigenvalue weighted by molar-refractivity contribution is -0.274. The maximum Gasteiger partial charge on any atom is 0.573 e. The highest BCUT2D eigenvalue weighted by molar-refractivity contribution is 6.30. The number of hydrogen-bond acceptors (Lipinski definition) is 4. The van der Waals surface area contributed by atoms with Gasteiger partial charge in [-0.1, -0.05) is 23.7 Å². The van der Waals surface area contributed by atoms with Gasteiger partial charge in [0, 0.05) is 10.7 Å². The maximum absolute atomic E-state index is 12.2. The highest BCUT2D eigenvalue weighted by Gasteiger charge is 2.30. The first-order chi connectivity index (χ1) is 12.8. The average molecular weight is 399 g/mol. The van der Waals surface area contributed by atoms with E-state index >= 15 is 0 Å². The zero-order chi connectivity index (χ0) is 19.4. The second kappa shape index (κ2) is 7.75. The molecule has 2 N–H and O–H groups in total. The van der Waals surface area contributed by atoms with Crippen LogP contribution in [0.2, 0.25) is 5.02 Å². The minimum atomic E-state index is -4.74. The molecule has 0 bridgehead atoms. The number of nitrogens with one attached hydrogen (secondary N) is 2. The van der Waals surface area contributed by atoms with Crippen LogP contribution in [0.15, 0.2) is 53.3 Å². The van der Waals surface area contributed by atoms with Crippen molar-refractivity contribution in [3.05, 3.63) is 75.4 Å². The van der Waals surface area contributed by atoms with E-state index in [1.165, 1.54) is 28.9 Å². The highest BCUT2D eigenvalue weighted by atomic mass is 35.5. The van der Waals surface area contributed by atoms with Crippen LogP contribution in [-0.2, 0) is 13.1 Å². The number of ether oxygens (including phenoxy) is 1. The third-order valence-corrected chi connectivity index (χ3v) is 3.77. The topological polar surface area (TPSA) is 71.9 Å². The molecule has 2 aromatic carbocycles. The fourth-order valence-electron chi connectivity index (χ4n) is 2.31. The van der Waals surface area contributed by atoms with Gasteiger partial charge in [-0.05, 0) is 42.0 Å². The molecule has 1 heterocycles. The Bertz CT molecular complexity index is 950. The first-order valence-corrected chi connectivity index (χ1v) is 8.16. The van der Waals surface area contributed by atoms with Crippen LogP contribution in [0.5, 0.6) is 5.75 Å². The van der Waals surface area contributed by atoms with Gasteiger partial charge in [0.15, 0.2) is 0 Å². The smallest absolute Gasteiger partial charge is 0.406 e. The van der Waals surface area contributed by atoms with Gasteiger partial charge in [0.25, 0.3) is 0 Å². The normalized spacial score (nSPS) is 11.4. The molecule has 0 atom stereocenters. The molecular formula is C17H14ClF3N4O2. The summed E-state index contributed by atoms with van der Waals surface area (Å²) in [6.07, 6.45) is -4.74. The second-order valence-electron chi connectivity index (χ2n) is 5.59. The Kier molecular flexibility index (Phi) is 5.41. The predicted molar refractivity (Wildman–Crippen MR) is 93.9 cm³/mol. The summed E-state index contributed by atoms with van der Waals surface area (Å²) < 4.78 is 41.5. The minimum absolute atomic E-state index is 0.114. The van der Waals surface area contributed by atoms with E-state index in [4.69, 9.17) is 11.6 Å². The molecule has 0 spiro atoms. The monoisotopic (exact) mass is 398 g/mol. The third kappa shape index (κ3) is 5.52. The van der Waals surface area contributed by atoms with E-state index in [1.54, 1.807) is 24.3 Å². The van der Waals surface area contributed by atoms with Crippen LogP contribution in [0.1, 0.15) is 11.4 Å². The summed E-state index contributed by atoms with van der Waals surface area (Å²) in [6, 6.07) is 12.3. The van der Waals surface area contributed by atoms with Gasteiger partial charge in [-0.2, -0.15) is 5.10 Å². The van der Waals surface area contributed by atoms with Crippen LogP contribution in [0, 0.1) is 0 Å². The number of nitrogens with zero attached hydrogens (tertiary/aromatic N) is 2. The van der Waals surface area contributed by atoms with Crippen LogP contribution < -0.4 is 15.7 Å². The van der Waals surface area contributed by atoms with E-state index in [0.717, 1.165) is 5.69 Å². The van der Waals surface area contributed by atoms with E-state index in [0.29, 0.717) is 23.0 Å². The number of halogens is 4. The van der Waals surface area contributed by atoms with Gasteiger partial charge in [-0.3, -0.25) is 4.98 Å². The molecular weight excluding hydrogens is 385 g/mol. The van der Waals surface area contributed by atoms with Gasteiger partial charge in [0.05, 0.1) is 13.1 Å². The van der Waals surface area contributed by atoms with E-state index in [9.17, 15) is 18.0 Å². The van der Waals surface area contributed by atoms with Crippen molar-refractivity contribution in [1.82, 2.24) is 14.8 Å². The summed E-state index contributed by atoms with van der Waals surface area (Å²) >= 11 is 5.82. The van der Waals surface area contributed by atoms with Crippen LogP contribution >= 0.6 is 11.6 Å². The molecule has 0 saturated carbocycles. The number of aromatic nitrogens is 3. The van der Waals surface area contributed by atoms with Gasteiger partial charge in [-0.25, -0.2) is 9.48 Å². The largest absolute Gasteiger partial charge is 0.573 e. The quantitative estimate of drug-likeness (QED) is 0.662. The summed E-state index contributed by atoms with van der Waals surface area (Å²) in [5.41, 5.74) is 1.00. The zero-order valence-corrected chi connectivity index (χ0v) is 14.5. The maximum atomic E-state index is 12.2. The lowest BCUT2D eigenvalue weighted by Gasteiger charge is -2.09. The SMILES string of the molecule is O=c1[nH]c(CNc2ccc(Cl)cc2)nn1Cc1ccc(OC(F)(F)F)cc1. The Morgan fingerprint density at radius 2 is 1.78 bits per heavy atom. The lowest BCUT2D eigenvalue weighted by Crippen LogP contribution is -2.19. The summed E-state index contributed by atoms with van der Waals surface area (Å²) in [7, 11) is 0. The Morgan fingerprint density at radius 3 is 2.41 bits per heavy atom. The number of rotatable bonds is 6. The van der Waals surface area contributed by atoms with E-state index in [-0.39, 0.29) is 12.3 Å². The molecule has 0 aliphatic rings. The predicted octanol–water partition coefficient (Wildman–Crippen LogP) is 3.78. The first kappa shape index (κ1) is 18.8. The Labute approximate surface area is 156 Å². The molecule has 0 amide bonds. The van der Waals surface area contributed by atoms with E-state index in [1.807, 2.05) is 0 Å². The summed E-state index contributed by atoms with van der Waals surface area (Å²) in [5, 5.41) is 7.88. The number of benzene rings is 2. The van der Waals surface area contributed by atoms with Crippen LogP contribution in [0.25, 0.3) is 0 Å². The Morgan fingerprint density at radius 1 is 1.11 bits per heavy atom. The first-order valence-electron chi connectivity index (χ1n) is 7.79. The second-order valence-corrected chi connectivity index (χ2v) is 6.02. The highest BCUT2D eigenvalue weighted by Crippen LogP contribution is 2.22. The van der Waals surface area contributed by atoms with E-state index < -0.39 is 12.1 Å². The Balaban J connectivity index is 1.62. The van der Waals surface area contributed by atoms with Crippen LogP contribution in [0.3, 0.4) is 0 Å². The van der Waals surface area contributed by atoms with E-state index in [2.05, 4.69) is 20.1 Å². The van der Waals surface area contributed by atoms with Crippen molar-refractivity contribution in [2.75, 3.05) is 5.32 Å². The van der Waals surface area contributed by atoms with Crippen molar-refractivity contribution >= 4 is 17.3 Å². The van der Waals surface area contributed by atoms with Crippen molar-refractivity contribution in [2.24, 2.45) is 0 Å². The fraction of sp³-hybridized carbons (Fsp3) is 0.176. The van der Waals surface area contributed by atoms with Crippen molar-refractivity contribution in [3.63, 3.8) is 0 Å². The fourth-order valence-corrected chi connectivity index (χ4v) is 2.44. The average Bonchev–Trinajstić information content (AvgIpc) is 2.95. The van der Waals surface area contributed by atoms with Crippen LogP contribution in [-0.4, -0.2) is 21.1 Å². The van der Waals surface area contributed by atoms with Crippen molar-refractivity contribution < 1.29 is 17.9 Å². The zero-order valence-electron chi connectivity index (χ0n) is 13.8.